The van der Waals surface area contributed by atoms with Gasteiger partial charge in [-0.2, -0.15) is 0 Å². The number of nitrogens with zero attached hydrogens (tertiary/aromatic N) is 3. The van der Waals surface area contributed by atoms with Crippen LogP contribution in [0.25, 0.3) is 0 Å². The van der Waals surface area contributed by atoms with Gasteiger partial charge in [-0.05, 0) is 12.1 Å². The van der Waals surface area contributed by atoms with E-state index in [1.807, 2.05) is 11.9 Å². The summed E-state index contributed by atoms with van der Waals surface area (Å²) in [5.74, 6) is 1.19. The quantitative estimate of drug-likeness (QED) is 0.754. The monoisotopic (exact) mass is 277 g/mol. The predicted molar refractivity (Wildman–Crippen MR) is 69.1 cm³/mol. The number of anilines is 1. The van der Waals surface area contributed by atoms with Crippen LogP contribution < -0.4 is 4.90 Å². The Morgan fingerprint density at radius 1 is 1.29 bits per heavy atom. The molecule has 1 aromatic heterocycles. The Morgan fingerprint density at radius 2 is 1.94 bits per heavy atom. The molecule has 0 N–H and O–H groups in total. The lowest BCUT2D eigenvalue weighted by Gasteiger charge is -2.17. The van der Waals surface area contributed by atoms with Crippen molar-refractivity contribution in [1.82, 2.24) is 9.29 Å². The highest BCUT2D eigenvalue weighted by atomic mass is 35.5. The number of hydrogen-bond donors (Lipinski definition) is 0. The van der Waals surface area contributed by atoms with Crippen LogP contribution in [0, 0.1) is 0 Å². The second-order valence-corrected chi connectivity index (χ2v) is 6.28. The van der Waals surface area contributed by atoms with Crippen molar-refractivity contribution < 1.29 is 8.42 Å². The lowest BCUT2D eigenvalue weighted by Crippen LogP contribution is -2.23. The largest absolute Gasteiger partial charge is 0.358 e. The normalized spacial score (nSPS) is 11.8. The molecule has 0 aliphatic carbocycles. The highest BCUT2D eigenvalue weighted by Gasteiger charge is 2.17. The first-order valence-corrected chi connectivity index (χ1v) is 7.02. The maximum absolute atomic E-state index is 11.8. The van der Waals surface area contributed by atoms with Crippen molar-refractivity contribution in [2.45, 2.75) is 4.90 Å². The molecule has 17 heavy (non-hydrogen) atoms. The minimum atomic E-state index is -3.41. The van der Waals surface area contributed by atoms with Gasteiger partial charge in [0, 0.05) is 39.8 Å². The molecule has 5 nitrogen and oxygen atoms in total. The Hall–Kier alpha value is -0.850. The number of halogens is 1. The van der Waals surface area contributed by atoms with Gasteiger partial charge in [-0.25, -0.2) is 17.7 Å². The minimum absolute atomic E-state index is 0.186. The lowest BCUT2D eigenvalue weighted by atomic mass is 10.4. The van der Waals surface area contributed by atoms with Crippen LogP contribution in [0.5, 0.6) is 0 Å². The third-order valence-corrected chi connectivity index (χ3v) is 4.28. The summed E-state index contributed by atoms with van der Waals surface area (Å²) in [5, 5.41) is 0. The Bertz CT molecular complexity index is 459. The van der Waals surface area contributed by atoms with E-state index in [9.17, 15) is 8.42 Å². The predicted octanol–water partition coefficient (Wildman–Crippen LogP) is 1.01. The van der Waals surface area contributed by atoms with Gasteiger partial charge in [-0.15, -0.1) is 11.6 Å². The maximum Gasteiger partial charge on any atom is 0.244 e. The van der Waals surface area contributed by atoms with Gasteiger partial charge in [0.05, 0.1) is 0 Å². The zero-order valence-electron chi connectivity index (χ0n) is 10.1. The summed E-state index contributed by atoms with van der Waals surface area (Å²) in [6, 6.07) is 3.21. The topological polar surface area (TPSA) is 53.5 Å². The summed E-state index contributed by atoms with van der Waals surface area (Å²) >= 11 is 5.62. The van der Waals surface area contributed by atoms with E-state index in [2.05, 4.69) is 4.98 Å². The molecule has 1 rings (SSSR count). The second-order valence-electron chi connectivity index (χ2n) is 3.75. The van der Waals surface area contributed by atoms with E-state index in [4.69, 9.17) is 11.6 Å². The number of hydrogen-bond acceptors (Lipinski definition) is 4. The van der Waals surface area contributed by atoms with Crippen molar-refractivity contribution in [3.8, 4) is 0 Å². The van der Waals surface area contributed by atoms with E-state index in [-0.39, 0.29) is 4.90 Å². The molecule has 0 aliphatic heterocycles. The average Bonchev–Trinajstić information content (AvgIpc) is 2.29. The molecule has 1 heterocycles. The molecule has 0 unspecified atom stereocenters. The zero-order valence-corrected chi connectivity index (χ0v) is 11.7. The van der Waals surface area contributed by atoms with Crippen molar-refractivity contribution in [3.63, 3.8) is 0 Å². The summed E-state index contributed by atoms with van der Waals surface area (Å²) < 4.78 is 24.7. The van der Waals surface area contributed by atoms with Crippen LogP contribution in [0.1, 0.15) is 0 Å². The van der Waals surface area contributed by atoms with Crippen LogP contribution in [0.15, 0.2) is 23.2 Å². The van der Waals surface area contributed by atoms with Crippen LogP contribution in [0.4, 0.5) is 5.82 Å². The highest BCUT2D eigenvalue weighted by Crippen LogP contribution is 2.15. The van der Waals surface area contributed by atoms with E-state index in [0.29, 0.717) is 18.2 Å². The van der Waals surface area contributed by atoms with E-state index in [1.54, 1.807) is 12.1 Å². The van der Waals surface area contributed by atoms with E-state index >= 15 is 0 Å². The molecule has 1 aromatic rings. The number of aromatic nitrogens is 1. The average molecular weight is 278 g/mol. The molecule has 0 radical (unpaired) electrons. The van der Waals surface area contributed by atoms with Gasteiger partial charge in [-0.1, -0.05) is 0 Å². The lowest BCUT2D eigenvalue weighted by molar-refractivity contribution is 0.520. The molecule has 0 saturated carbocycles. The minimum Gasteiger partial charge on any atom is -0.358 e. The number of pyridine rings is 1. The van der Waals surface area contributed by atoms with Gasteiger partial charge in [0.1, 0.15) is 10.7 Å². The molecule has 0 amide bonds. The third kappa shape index (κ3) is 3.31. The van der Waals surface area contributed by atoms with Gasteiger partial charge in [0.25, 0.3) is 0 Å². The van der Waals surface area contributed by atoms with E-state index in [0.717, 1.165) is 4.31 Å². The first kappa shape index (κ1) is 14.2. The Kier molecular flexibility index (Phi) is 4.73. The van der Waals surface area contributed by atoms with Gasteiger partial charge in [-0.3, -0.25) is 0 Å². The molecular formula is C10H16ClN3O2S. The molecule has 0 fully saturated rings. The molecule has 7 heteroatoms. The van der Waals surface area contributed by atoms with Gasteiger partial charge >= 0.3 is 0 Å². The van der Waals surface area contributed by atoms with Crippen molar-refractivity contribution >= 4 is 27.4 Å². The summed E-state index contributed by atoms with van der Waals surface area (Å²) in [4.78, 5) is 6.15. The fourth-order valence-corrected chi connectivity index (χ4v) is 2.30. The van der Waals surface area contributed by atoms with Crippen LogP contribution in [-0.4, -0.2) is 51.3 Å². The van der Waals surface area contributed by atoms with E-state index in [1.165, 1.54) is 20.3 Å². The Balaban J connectivity index is 2.96. The first-order chi connectivity index (χ1) is 7.89. The molecule has 0 bridgehead atoms. The fourth-order valence-electron chi connectivity index (χ4n) is 1.20. The zero-order chi connectivity index (χ0) is 13.1. The number of sulfonamides is 1. The number of rotatable bonds is 5. The second kappa shape index (κ2) is 5.66. The van der Waals surface area contributed by atoms with Gasteiger partial charge in [0.2, 0.25) is 10.0 Å². The summed E-state index contributed by atoms with van der Waals surface area (Å²) in [7, 11) is 1.42. The summed E-state index contributed by atoms with van der Waals surface area (Å²) in [5.41, 5.74) is 0. The molecule has 0 saturated heterocycles. The molecule has 0 aromatic carbocycles. The van der Waals surface area contributed by atoms with Crippen molar-refractivity contribution in [1.29, 1.82) is 0 Å². The molecule has 96 valence electrons. The van der Waals surface area contributed by atoms with Crippen LogP contribution in [0.3, 0.4) is 0 Å². The van der Waals surface area contributed by atoms with Crippen LogP contribution >= 0.6 is 11.6 Å². The van der Waals surface area contributed by atoms with Gasteiger partial charge in [0.15, 0.2) is 0 Å². The molecular weight excluding hydrogens is 262 g/mol. The smallest absolute Gasteiger partial charge is 0.244 e. The van der Waals surface area contributed by atoms with E-state index < -0.39 is 10.0 Å². The molecule has 0 atom stereocenters. The highest BCUT2D eigenvalue weighted by molar-refractivity contribution is 7.89. The van der Waals surface area contributed by atoms with Crippen molar-refractivity contribution in [2.75, 3.05) is 38.5 Å². The number of alkyl halides is 1. The fraction of sp³-hybridized carbons (Fsp3) is 0.500. The van der Waals surface area contributed by atoms with Crippen molar-refractivity contribution in [2.24, 2.45) is 0 Å². The first-order valence-electron chi connectivity index (χ1n) is 5.05. The van der Waals surface area contributed by atoms with Gasteiger partial charge < -0.3 is 4.90 Å². The van der Waals surface area contributed by atoms with Crippen molar-refractivity contribution in [3.05, 3.63) is 18.3 Å². The van der Waals surface area contributed by atoms with Crippen LogP contribution in [-0.2, 0) is 10.0 Å². The Labute approximate surface area is 107 Å². The Morgan fingerprint density at radius 3 is 2.35 bits per heavy atom. The SMILES string of the molecule is CN(CCCl)c1ccc(S(=O)(=O)N(C)C)cn1. The molecule has 0 spiro atoms. The summed E-state index contributed by atoms with van der Waals surface area (Å²) in [6.45, 7) is 0.661. The molecule has 0 aliphatic rings. The maximum atomic E-state index is 11.8. The third-order valence-electron chi connectivity index (χ3n) is 2.31. The summed E-state index contributed by atoms with van der Waals surface area (Å²) in [6.07, 6.45) is 1.36. The van der Waals surface area contributed by atoms with Crippen LogP contribution in [0.2, 0.25) is 0 Å². The standard InChI is InChI=1S/C10H16ClN3O2S/c1-13(2)17(15,16)9-4-5-10(12-8-9)14(3)7-6-11/h4-5,8H,6-7H2,1-3H3.